The summed E-state index contributed by atoms with van der Waals surface area (Å²) in [6.07, 6.45) is 5.76. The number of aliphatic imine (C=N–C) groups is 1. The van der Waals surface area contributed by atoms with Crippen molar-refractivity contribution in [3.05, 3.63) is 36.4 Å². The van der Waals surface area contributed by atoms with E-state index in [2.05, 4.69) is 22.5 Å². The van der Waals surface area contributed by atoms with Crippen LogP contribution < -0.4 is 15.8 Å². The maximum atomic E-state index is 12.6. The quantitative estimate of drug-likeness (QED) is 0.157. The fourth-order valence-electron chi connectivity index (χ4n) is 4.54. The molecule has 1 heterocycles. The lowest BCUT2D eigenvalue weighted by Crippen LogP contribution is -2.34. The molecule has 28 heavy (non-hydrogen) atoms. The van der Waals surface area contributed by atoms with Gasteiger partial charge in [0.1, 0.15) is 5.75 Å². The molecule has 0 radical (unpaired) electrons. The number of imide groups is 1. The smallest absolute Gasteiger partial charge is 0.233 e. The highest BCUT2D eigenvalue weighted by molar-refractivity contribution is 14.0. The molecule has 7 nitrogen and oxygen atoms in total. The van der Waals surface area contributed by atoms with Crippen LogP contribution in [0.3, 0.4) is 0 Å². The van der Waals surface area contributed by atoms with Crippen LogP contribution in [0.5, 0.6) is 5.75 Å². The molecule has 3 N–H and O–H groups in total. The van der Waals surface area contributed by atoms with Gasteiger partial charge in [-0.05, 0) is 36.8 Å². The molecule has 8 heteroatoms. The van der Waals surface area contributed by atoms with Crippen LogP contribution >= 0.6 is 24.0 Å². The number of likely N-dealkylation sites (tertiary alicyclic amines) is 1. The van der Waals surface area contributed by atoms with Crippen molar-refractivity contribution < 1.29 is 14.3 Å². The van der Waals surface area contributed by atoms with Gasteiger partial charge in [-0.3, -0.25) is 19.5 Å². The zero-order valence-corrected chi connectivity index (χ0v) is 18.0. The molecule has 0 aromatic heterocycles. The minimum absolute atomic E-state index is 0. The number of hydrogen-bond acceptors (Lipinski definition) is 4. The largest absolute Gasteiger partial charge is 0.495 e. The van der Waals surface area contributed by atoms with E-state index >= 15 is 0 Å². The Balaban J connectivity index is 0.00000225. The molecule has 4 atom stereocenters. The van der Waals surface area contributed by atoms with Crippen molar-refractivity contribution in [2.24, 2.45) is 34.4 Å². The average Bonchev–Trinajstić information content (AvgIpc) is 3.34. The van der Waals surface area contributed by atoms with Crippen molar-refractivity contribution >= 4 is 47.4 Å². The summed E-state index contributed by atoms with van der Waals surface area (Å²) < 4.78 is 5.26. The van der Waals surface area contributed by atoms with Gasteiger partial charge in [0.15, 0.2) is 5.96 Å². The average molecular weight is 496 g/mol. The Labute approximate surface area is 181 Å². The van der Waals surface area contributed by atoms with Crippen molar-refractivity contribution in [3.63, 3.8) is 0 Å². The van der Waals surface area contributed by atoms with Gasteiger partial charge in [0.05, 0.1) is 24.6 Å². The lowest BCUT2D eigenvalue weighted by Gasteiger charge is -2.16. The number of ether oxygens (including phenoxy) is 1. The summed E-state index contributed by atoms with van der Waals surface area (Å²) in [5, 5.41) is 3.01. The van der Waals surface area contributed by atoms with Gasteiger partial charge in [-0.2, -0.15) is 0 Å². The number of allylic oxidation sites excluding steroid dienone is 2. The van der Waals surface area contributed by atoms with Crippen LogP contribution in [0.15, 0.2) is 41.4 Å². The van der Waals surface area contributed by atoms with E-state index in [1.165, 1.54) is 4.90 Å². The number of nitrogens with two attached hydrogens (primary N) is 1. The number of nitrogens with zero attached hydrogens (tertiary/aromatic N) is 2. The second-order valence-corrected chi connectivity index (χ2v) is 7.27. The first-order valence-electron chi connectivity index (χ1n) is 9.33. The molecule has 1 saturated heterocycles. The Morgan fingerprint density at radius 2 is 1.86 bits per heavy atom. The van der Waals surface area contributed by atoms with E-state index in [-0.39, 0.29) is 65.4 Å². The second-order valence-electron chi connectivity index (χ2n) is 7.27. The predicted molar refractivity (Wildman–Crippen MR) is 118 cm³/mol. The Morgan fingerprint density at radius 3 is 2.50 bits per heavy atom. The number of methoxy groups -OCH3 is 1. The maximum absolute atomic E-state index is 12.6. The molecule has 3 aliphatic rings. The second kappa shape index (κ2) is 8.50. The van der Waals surface area contributed by atoms with Crippen molar-refractivity contribution in [2.75, 3.05) is 25.5 Å². The molecule has 4 unspecified atom stereocenters. The number of para-hydroxylation sites is 2. The third-order valence-electron chi connectivity index (χ3n) is 5.75. The summed E-state index contributed by atoms with van der Waals surface area (Å²) in [5.41, 5.74) is 6.66. The third kappa shape index (κ3) is 3.61. The van der Waals surface area contributed by atoms with Crippen LogP contribution in [-0.2, 0) is 9.59 Å². The first-order chi connectivity index (χ1) is 13.1. The van der Waals surface area contributed by atoms with Gasteiger partial charge in [0, 0.05) is 13.1 Å². The lowest BCUT2D eigenvalue weighted by atomic mass is 9.85. The van der Waals surface area contributed by atoms with Gasteiger partial charge in [-0.25, -0.2) is 0 Å². The zero-order chi connectivity index (χ0) is 19.0. The van der Waals surface area contributed by atoms with Gasteiger partial charge in [-0.1, -0.05) is 24.3 Å². The molecule has 2 amide bonds. The molecule has 2 aliphatic carbocycles. The molecular weight excluding hydrogens is 471 g/mol. The Morgan fingerprint density at radius 1 is 1.21 bits per heavy atom. The molecule has 0 spiro atoms. The predicted octanol–water partition coefficient (Wildman–Crippen LogP) is 2.24. The highest BCUT2D eigenvalue weighted by Crippen LogP contribution is 2.52. The standard InChI is InChI=1S/C20H24N4O3.HI/c1-27-15-6-3-2-5-14(15)23-20(21)22-9-4-10-24-18(25)16-12-7-8-13(11-12)17(16)19(24)26;/h2-3,5-8,12-13,16-17H,4,9-11H2,1H3,(H3,21,22,23);1H. The fourth-order valence-corrected chi connectivity index (χ4v) is 4.54. The van der Waals surface area contributed by atoms with Crippen molar-refractivity contribution in [1.29, 1.82) is 0 Å². The van der Waals surface area contributed by atoms with E-state index in [9.17, 15) is 9.59 Å². The van der Waals surface area contributed by atoms with E-state index in [1.807, 2.05) is 24.3 Å². The Kier molecular flexibility index (Phi) is 6.26. The van der Waals surface area contributed by atoms with Crippen LogP contribution in [0.2, 0.25) is 0 Å². The number of rotatable bonds is 6. The van der Waals surface area contributed by atoms with E-state index in [0.717, 1.165) is 12.1 Å². The topological polar surface area (TPSA) is 97.0 Å². The molecule has 4 rings (SSSR count). The van der Waals surface area contributed by atoms with Crippen LogP contribution in [-0.4, -0.2) is 42.9 Å². The summed E-state index contributed by atoms with van der Waals surface area (Å²) in [5.74, 6) is 1.18. The van der Waals surface area contributed by atoms with Crippen LogP contribution in [0, 0.1) is 23.7 Å². The minimum Gasteiger partial charge on any atom is -0.495 e. The SMILES string of the molecule is COc1ccccc1NC(N)=NCCCN1C(=O)C2C3C=CC(C3)C2C1=O.I. The van der Waals surface area contributed by atoms with E-state index < -0.39 is 0 Å². The molecular formula is C20H25IN4O3. The molecule has 2 bridgehead atoms. The normalized spacial score (nSPS) is 27.8. The lowest BCUT2D eigenvalue weighted by molar-refractivity contribution is -0.140. The molecule has 150 valence electrons. The molecule has 1 aromatic carbocycles. The minimum atomic E-state index is -0.131. The maximum Gasteiger partial charge on any atom is 0.233 e. The highest BCUT2D eigenvalue weighted by atomic mass is 127. The van der Waals surface area contributed by atoms with Crippen LogP contribution in [0.4, 0.5) is 5.69 Å². The first kappa shape index (κ1) is 20.6. The van der Waals surface area contributed by atoms with Gasteiger partial charge < -0.3 is 15.8 Å². The molecule has 1 aliphatic heterocycles. The van der Waals surface area contributed by atoms with Gasteiger partial charge in [0.2, 0.25) is 11.8 Å². The monoisotopic (exact) mass is 496 g/mol. The van der Waals surface area contributed by atoms with Crippen molar-refractivity contribution in [3.8, 4) is 5.75 Å². The first-order valence-corrected chi connectivity index (χ1v) is 9.33. The summed E-state index contributed by atoms with van der Waals surface area (Å²) >= 11 is 0. The number of anilines is 1. The highest BCUT2D eigenvalue weighted by Gasteiger charge is 2.58. The van der Waals surface area contributed by atoms with Crippen LogP contribution in [0.25, 0.3) is 0 Å². The summed E-state index contributed by atoms with van der Waals surface area (Å²) in [7, 11) is 1.59. The van der Waals surface area contributed by atoms with E-state index in [0.29, 0.717) is 25.3 Å². The van der Waals surface area contributed by atoms with Gasteiger partial charge >= 0.3 is 0 Å². The molecule has 1 saturated carbocycles. The summed E-state index contributed by atoms with van der Waals surface area (Å²) in [6, 6.07) is 7.43. The number of carbonyl (C=O) groups is 2. The van der Waals surface area contributed by atoms with Crippen molar-refractivity contribution in [2.45, 2.75) is 12.8 Å². The van der Waals surface area contributed by atoms with Gasteiger partial charge in [0.25, 0.3) is 0 Å². The Hall–Kier alpha value is -2.10. The molecule has 2 fully saturated rings. The number of hydrogen-bond donors (Lipinski definition) is 2. The third-order valence-corrected chi connectivity index (χ3v) is 5.75. The number of guanidine groups is 1. The number of halogens is 1. The number of carbonyl (C=O) groups excluding carboxylic acids is 2. The number of amides is 2. The summed E-state index contributed by atoms with van der Waals surface area (Å²) in [6.45, 7) is 0.834. The van der Waals surface area contributed by atoms with Gasteiger partial charge in [-0.15, -0.1) is 24.0 Å². The Bertz CT molecular complexity index is 795. The van der Waals surface area contributed by atoms with Crippen molar-refractivity contribution in [1.82, 2.24) is 4.90 Å². The summed E-state index contributed by atoms with van der Waals surface area (Å²) in [4.78, 5) is 30.9. The number of benzene rings is 1. The number of nitrogens with one attached hydrogen (secondary N) is 1. The number of fused-ring (bicyclic) bond motifs is 5. The zero-order valence-electron chi connectivity index (χ0n) is 15.7. The van der Waals surface area contributed by atoms with E-state index in [4.69, 9.17) is 10.5 Å². The van der Waals surface area contributed by atoms with E-state index in [1.54, 1.807) is 7.11 Å². The fraction of sp³-hybridized carbons (Fsp3) is 0.450. The van der Waals surface area contributed by atoms with Crippen LogP contribution in [0.1, 0.15) is 12.8 Å². The molecule has 1 aromatic rings.